The van der Waals surface area contributed by atoms with Crippen molar-refractivity contribution in [3.05, 3.63) is 63.1 Å². The van der Waals surface area contributed by atoms with E-state index in [2.05, 4.69) is 54.9 Å². The largest absolute Gasteiger partial charge is 0.492 e. The molecule has 0 spiro atoms. The molecule has 0 aliphatic heterocycles. The van der Waals surface area contributed by atoms with E-state index in [1.807, 2.05) is 6.07 Å². The second kappa shape index (κ2) is 11.3. The number of unbranched alkanes of at least 4 members (excludes halogenated alkanes) is 1. The fraction of sp³-hybridized carbons (Fsp3) is 0.458. The zero-order valence-electron chi connectivity index (χ0n) is 16.8. The monoisotopic (exact) mass is 430 g/mol. The molecule has 0 fully saturated rings. The Balaban J connectivity index is 1.86. The lowest BCUT2D eigenvalue weighted by Gasteiger charge is -2.18. The number of carbonyl (C=O) groups excluding carboxylic acids is 1. The van der Waals surface area contributed by atoms with E-state index in [4.69, 9.17) is 4.74 Å². The Hall–Kier alpha value is -1.61. The Morgan fingerprint density at radius 3 is 2.48 bits per heavy atom. The van der Waals surface area contributed by atoms with E-state index < -0.39 is 0 Å². The molecular weight excluding hydrogens is 400 g/mol. The van der Waals surface area contributed by atoms with E-state index in [-0.39, 0.29) is 0 Å². The van der Waals surface area contributed by atoms with Crippen molar-refractivity contribution >= 4 is 22.2 Å². The van der Waals surface area contributed by atoms with Gasteiger partial charge in [0, 0.05) is 5.56 Å². The molecule has 2 aromatic rings. The predicted octanol–water partition coefficient (Wildman–Crippen LogP) is 7.09. The number of aldehydes is 1. The average molecular weight is 431 g/mol. The molecule has 2 nitrogen and oxygen atoms in total. The first-order chi connectivity index (χ1) is 13.0. The van der Waals surface area contributed by atoms with Crippen molar-refractivity contribution in [1.82, 2.24) is 0 Å². The zero-order chi connectivity index (χ0) is 19.6. The van der Waals surface area contributed by atoms with E-state index in [1.165, 1.54) is 42.4 Å². The van der Waals surface area contributed by atoms with Crippen LogP contribution in [-0.2, 0) is 6.42 Å². The third-order valence-electron chi connectivity index (χ3n) is 5.17. The molecule has 0 aliphatic carbocycles. The van der Waals surface area contributed by atoms with Crippen LogP contribution >= 0.6 is 15.9 Å². The van der Waals surface area contributed by atoms with E-state index in [1.54, 1.807) is 12.1 Å². The van der Waals surface area contributed by atoms with E-state index in [9.17, 15) is 4.79 Å². The molecule has 27 heavy (non-hydrogen) atoms. The molecule has 0 radical (unpaired) electrons. The predicted molar refractivity (Wildman–Crippen MR) is 117 cm³/mol. The highest BCUT2D eigenvalue weighted by Crippen LogP contribution is 2.26. The smallest absolute Gasteiger partial charge is 0.150 e. The number of rotatable bonds is 11. The minimum atomic E-state index is 0.655. The fourth-order valence-electron chi connectivity index (χ4n) is 3.37. The molecule has 0 heterocycles. The van der Waals surface area contributed by atoms with Gasteiger partial charge in [0.25, 0.3) is 0 Å². The van der Waals surface area contributed by atoms with Crippen LogP contribution in [0.5, 0.6) is 5.75 Å². The third kappa shape index (κ3) is 7.14. The SMILES string of the molecule is CCCC[C@H](CCCOc1ccc(C=O)cc1Br)Cc1ccc(C)c(C)c1. The molecular formula is C24H31BrO2. The Kier molecular flexibility index (Phi) is 9.06. The highest BCUT2D eigenvalue weighted by molar-refractivity contribution is 9.10. The normalized spacial score (nSPS) is 12.0. The second-order valence-electron chi connectivity index (χ2n) is 7.43. The van der Waals surface area contributed by atoms with Crippen molar-refractivity contribution in [3.63, 3.8) is 0 Å². The van der Waals surface area contributed by atoms with Gasteiger partial charge >= 0.3 is 0 Å². The number of halogens is 1. The molecule has 2 rings (SSSR count). The Morgan fingerprint density at radius 2 is 1.81 bits per heavy atom. The summed E-state index contributed by atoms with van der Waals surface area (Å²) in [4.78, 5) is 10.8. The van der Waals surface area contributed by atoms with Gasteiger partial charge in [0.1, 0.15) is 12.0 Å². The molecule has 146 valence electrons. The lowest BCUT2D eigenvalue weighted by Crippen LogP contribution is -2.08. The van der Waals surface area contributed by atoms with Crippen molar-refractivity contribution in [1.29, 1.82) is 0 Å². The molecule has 0 N–H and O–H groups in total. The number of benzene rings is 2. The summed E-state index contributed by atoms with van der Waals surface area (Å²) in [5.74, 6) is 1.51. The number of carbonyl (C=O) groups is 1. The summed E-state index contributed by atoms with van der Waals surface area (Å²) in [5, 5.41) is 0. The maximum atomic E-state index is 10.8. The van der Waals surface area contributed by atoms with Gasteiger partial charge in [-0.25, -0.2) is 0 Å². The maximum Gasteiger partial charge on any atom is 0.150 e. The molecule has 0 unspecified atom stereocenters. The van der Waals surface area contributed by atoms with E-state index in [0.29, 0.717) is 18.1 Å². The van der Waals surface area contributed by atoms with Gasteiger partial charge in [0.2, 0.25) is 0 Å². The van der Waals surface area contributed by atoms with Crippen LogP contribution in [0.2, 0.25) is 0 Å². The van der Waals surface area contributed by atoms with Crippen LogP contribution in [0.3, 0.4) is 0 Å². The van der Waals surface area contributed by atoms with Gasteiger partial charge in [-0.3, -0.25) is 4.79 Å². The van der Waals surface area contributed by atoms with Crippen LogP contribution < -0.4 is 4.74 Å². The highest BCUT2D eigenvalue weighted by Gasteiger charge is 2.11. The summed E-state index contributed by atoms with van der Waals surface area (Å²) in [5.41, 5.74) is 4.85. The van der Waals surface area contributed by atoms with Gasteiger partial charge in [-0.1, -0.05) is 44.4 Å². The molecule has 0 saturated carbocycles. The van der Waals surface area contributed by atoms with Crippen molar-refractivity contribution < 1.29 is 9.53 Å². The first-order valence-corrected chi connectivity index (χ1v) is 10.8. The number of aryl methyl sites for hydroxylation is 2. The number of hydrogen-bond donors (Lipinski definition) is 0. The van der Waals surface area contributed by atoms with Crippen LogP contribution in [0.1, 0.15) is 66.1 Å². The van der Waals surface area contributed by atoms with Gasteiger partial charge in [-0.15, -0.1) is 0 Å². The quantitative estimate of drug-likeness (QED) is 0.281. The lowest BCUT2D eigenvalue weighted by molar-refractivity contribution is 0.112. The molecule has 0 bridgehead atoms. The van der Waals surface area contributed by atoms with Gasteiger partial charge in [0.05, 0.1) is 11.1 Å². The molecule has 1 atom stereocenters. The van der Waals surface area contributed by atoms with Crippen LogP contribution in [0.4, 0.5) is 0 Å². The number of ether oxygens (including phenoxy) is 1. The summed E-state index contributed by atoms with van der Waals surface area (Å²) in [6.45, 7) is 7.33. The first-order valence-electron chi connectivity index (χ1n) is 9.97. The van der Waals surface area contributed by atoms with Gasteiger partial charge in [0.15, 0.2) is 0 Å². The van der Waals surface area contributed by atoms with Crippen molar-refractivity contribution in [3.8, 4) is 5.75 Å². The first kappa shape index (κ1) is 21.7. The van der Waals surface area contributed by atoms with Gasteiger partial charge in [-0.2, -0.15) is 0 Å². The Labute approximate surface area is 172 Å². The fourth-order valence-corrected chi connectivity index (χ4v) is 3.88. The molecule has 0 amide bonds. The highest BCUT2D eigenvalue weighted by atomic mass is 79.9. The Bertz CT molecular complexity index is 739. The lowest BCUT2D eigenvalue weighted by atomic mass is 9.89. The second-order valence-corrected chi connectivity index (χ2v) is 8.28. The summed E-state index contributed by atoms with van der Waals surface area (Å²) in [6, 6.07) is 12.3. The van der Waals surface area contributed by atoms with Gasteiger partial charge < -0.3 is 4.74 Å². The van der Waals surface area contributed by atoms with Gasteiger partial charge in [-0.05, 0) is 89.8 Å². The topological polar surface area (TPSA) is 26.3 Å². The zero-order valence-corrected chi connectivity index (χ0v) is 18.3. The molecule has 0 aromatic heterocycles. The van der Waals surface area contributed by atoms with Crippen LogP contribution in [0.25, 0.3) is 0 Å². The summed E-state index contributed by atoms with van der Waals surface area (Å²) < 4.78 is 6.75. The van der Waals surface area contributed by atoms with E-state index >= 15 is 0 Å². The molecule has 0 saturated heterocycles. The minimum Gasteiger partial charge on any atom is -0.492 e. The van der Waals surface area contributed by atoms with E-state index in [0.717, 1.165) is 29.4 Å². The summed E-state index contributed by atoms with van der Waals surface area (Å²) in [7, 11) is 0. The Morgan fingerprint density at radius 1 is 1.04 bits per heavy atom. The van der Waals surface area contributed by atoms with Crippen LogP contribution in [-0.4, -0.2) is 12.9 Å². The molecule has 0 aliphatic rings. The van der Waals surface area contributed by atoms with Crippen molar-refractivity contribution in [2.45, 2.75) is 59.3 Å². The molecule has 2 aromatic carbocycles. The summed E-state index contributed by atoms with van der Waals surface area (Å²) >= 11 is 3.48. The van der Waals surface area contributed by atoms with Crippen molar-refractivity contribution in [2.75, 3.05) is 6.61 Å². The van der Waals surface area contributed by atoms with Crippen LogP contribution in [0, 0.1) is 19.8 Å². The van der Waals surface area contributed by atoms with Crippen molar-refractivity contribution in [2.24, 2.45) is 5.92 Å². The minimum absolute atomic E-state index is 0.655. The standard InChI is InChI=1S/C24H31BrO2/c1-4-5-7-20(15-21-10-9-18(2)19(3)14-21)8-6-13-27-24-12-11-22(17-26)16-23(24)25/h9-12,14,16-17,20H,4-8,13,15H2,1-3H3/t20-/m1/s1. The maximum absolute atomic E-state index is 10.8. The van der Waals surface area contributed by atoms with Crippen LogP contribution in [0.15, 0.2) is 40.9 Å². The molecule has 3 heteroatoms. The third-order valence-corrected chi connectivity index (χ3v) is 5.79. The average Bonchev–Trinajstić information content (AvgIpc) is 2.66. The summed E-state index contributed by atoms with van der Waals surface area (Å²) in [6.07, 6.45) is 8.03. The number of hydrogen-bond acceptors (Lipinski definition) is 2.